The molecule has 0 bridgehead atoms. The van der Waals surface area contributed by atoms with Crippen LogP contribution >= 0.6 is 8.58 Å². The molecule has 1 atom stereocenters. The third-order valence-corrected chi connectivity index (χ3v) is 6.05. The Kier molecular flexibility index (Phi) is 5.49. The average Bonchev–Trinajstić information content (AvgIpc) is 2.45. The predicted octanol–water partition coefficient (Wildman–Crippen LogP) is 4.31. The lowest BCUT2D eigenvalue weighted by molar-refractivity contribution is 0.403. The van der Waals surface area contributed by atoms with E-state index in [1.165, 1.54) is 16.4 Å². The van der Waals surface area contributed by atoms with Gasteiger partial charge in [0.05, 0.1) is 0 Å². The van der Waals surface area contributed by atoms with Gasteiger partial charge in [-0.1, -0.05) is 58.8 Å². The van der Waals surface area contributed by atoms with Gasteiger partial charge in [-0.15, -0.1) is 0 Å². The van der Waals surface area contributed by atoms with Gasteiger partial charge in [-0.05, 0) is 49.9 Å². The van der Waals surface area contributed by atoms with Crippen LogP contribution in [0.1, 0.15) is 36.1 Å². The molecule has 3 heteroatoms. The Morgan fingerprint density at radius 1 is 1.00 bits per heavy atom. The second kappa shape index (κ2) is 7.03. The second-order valence-corrected chi connectivity index (χ2v) is 9.07. The van der Waals surface area contributed by atoms with Crippen molar-refractivity contribution in [2.45, 2.75) is 39.4 Å². The Morgan fingerprint density at radius 3 is 2.26 bits per heavy atom. The zero-order valence-corrected chi connectivity index (χ0v) is 16.1. The van der Waals surface area contributed by atoms with Crippen LogP contribution in [0.15, 0.2) is 36.4 Å². The molecule has 23 heavy (non-hydrogen) atoms. The van der Waals surface area contributed by atoms with E-state index in [4.69, 9.17) is 0 Å². The van der Waals surface area contributed by atoms with Crippen LogP contribution in [0.2, 0.25) is 0 Å². The lowest BCUT2D eigenvalue weighted by atomic mass is 9.99. The number of aryl methyl sites for hydroxylation is 2. The summed E-state index contributed by atoms with van der Waals surface area (Å²) in [5.41, 5.74) is 4.70. The number of aromatic hydroxyl groups is 1. The molecular weight excluding hydrogens is 301 g/mol. The fourth-order valence-electron chi connectivity index (χ4n) is 2.92. The van der Waals surface area contributed by atoms with Gasteiger partial charge in [-0.2, -0.15) is 0 Å². The van der Waals surface area contributed by atoms with E-state index in [9.17, 15) is 5.11 Å². The molecule has 0 spiro atoms. The van der Waals surface area contributed by atoms with Crippen LogP contribution in [-0.2, 0) is 11.7 Å². The molecule has 2 aromatic carbocycles. The highest BCUT2D eigenvalue weighted by Gasteiger charge is 2.26. The van der Waals surface area contributed by atoms with Crippen molar-refractivity contribution in [2.24, 2.45) is 0 Å². The maximum atomic E-state index is 10.5. The molecule has 0 aliphatic rings. The maximum absolute atomic E-state index is 10.5. The van der Waals surface area contributed by atoms with E-state index in [0.29, 0.717) is 14.3 Å². The molecule has 0 aliphatic heterocycles. The Balaban J connectivity index is 2.43. The molecule has 1 N–H and O–H groups in total. The van der Waals surface area contributed by atoms with E-state index < -0.39 is 0 Å². The highest BCUT2D eigenvalue weighted by atomic mass is 31.1. The molecule has 0 heterocycles. The van der Waals surface area contributed by atoms with Crippen molar-refractivity contribution in [1.82, 2.24) is 4.90 Å². The smallest absolute Gasteiger partial charge is 0.122 e. The van der Waals surface area contributed by atoms with Crippen LogP contribution in [0.5, 0.6) is 5.75 Å². The number of rotatable bonds is 5. The summed E-state index contributed by atoms with van der Waals surface area (Å²) in [5.74, 6) is 0.438. The number of hydrogen-bond acceptors (Lipinski definition) is 2. The second-order valence-electron chi connectivity index (χ2n) is 7.07. The van der Waals surface area contributed by atoms with Crippen molar-refractivity contribution in [2.75, 3.05) is 14.1 Å². The molecule has 2 aromatic rings. The monoisotopic (exact) mass is 329 g/mol. The summed E-state index contributed by atoms with van der Waals surface area (Å²) in [6.45, 7) is 9.55. The van der Waals surface area contributed by atoms with Crippen molar-refractivity contribution in [1.29, 1.82) is 0 Å². The highest BCUT2D eigenvalue weighted by molar-refractivity contribution is 7.48. The number of phenols is 1. The fraction of sp³-hybridized carbons (Fsp3) is 0.400. The number of hydrogen-bond donors (Lipinski definition) is 1. The highest BCUT2D eigenvalue weighted by Crippen LogP contribution is 2.45. The fourth-order valence-corrected chi connectivity index (χ4v) is 4.49. The number of para-hydroxylation sites is 1. The first-order valence-corrected chi connectivity index (χ1v) is 9.03. The van der Waals surface area contributed by atoms with Gasteiger partial charge in [-0.25, -0.2) is 0 Å². The van der Waals surface area contributed by atoms with E-state index in [-0.39, 0.29) is 5.16 Å². The van der Waals surface area contributed by atoms with E-state index in [0.717, 1.165) is 17.7 Å². The molecular formula is C20H28NOP. The SMILES string of the molecule is Cc1cccc(C(C)(C)Pc2c(C)cccc2CN(C)C)c1O. The minimum absolute atomic E-state index is 0.0940. The summed E-state index contributed by atoms with van der Waals surface area (Å²) in [6.07, 6.45) is 0. The molecule has 2 nitrogen and oxygen atoms in total. The summed E-state index contributed by atoms with van der Waals surface area (Å²) in [7, 11) is 4.82. The summed E-state index contributed by atoms with van der Waals surface area (Å²) >= 11 is 0. The summed E-state index contributed by atoms with van der Waals surface area (Å²) in [6, 6.07) is 12.6. The quantitative estimate of drug-likeness (QED) is 0.826. The van der Waals surface area contributed by atoms with Crippen molar-refractivity contribution >= 4 is 13.9 Å². The number of nitrogens with zero attached hydrogens (tertiary/aromatic N) is 1. The van der Waals surface area contributed by atoms with E-state index in [2.05, 4.69) is 64.0 Å². The van der Waals surface area contributed by atoms with Crippen LogP contribution in [0.25, 0.3) is 0 Å². The van der Waals surface area contributed by atoms with E-state index in [1.807, 2.05) is 19.1 Å². The van der Waals surface area contributed by atoms with Gasteiger partial charge >= 0.3 is 0 Å². The van der Waals surface area contributed by atoms with Crippen LogP contribution in [0.4, 0.5) is 0 Å². The van der Waals surface area contributed by atoms with Gasteiger partial charge in [0, 0.05) is 17.3 Å². The minimum Gasteiger partial charge on any atom is -0.507 e. The third kappa shape index (κ3) is 4.13. The van der Waals surface area contributed by atoms with Crippen LogP contribution in [0.3, 0.4) is 0 Å². The van der Waals surface area contributed by atoms with Gasteiger partial charge in [0.1, 0.15) is 5.75 Å². The van der Waals surface area contributed by atoms with E-state index >= 15 is 0 Å². The Hall–Kier alpha value is -1.37. The number of benzene rings is 2. The third-order valence-electron chi connectivity index (χ3n) is 4.19. The number of phenolic OH excluding ortho intramolecular Hbond substituents is 1. The summed E-state index contributed by atoms with van der Waals surface area (Å²) < 4.78 is 0. The molecule has 124 valence electrons. The minimum atomic E-state index is -0.0940. The Morgan fingerprint density at radius 2 is 1.61 bits per heavy atom. The molecule has 0 aromatic heterocycles. The van der Waals surface area contributed by atoms with Crippen molar-refractivity contribution in [3.8, 4) is 5.75 Å². The normalized spacial score (nSPS) is 12.5. The van der Waals surface area contributed by atoms with Gasteiger partial charge in [0.2, 0.25) is 0 Å². The molecule has 0 saturated carbocycles. The summed E-state index contributed by atoms with van der Waals surface area (Å²) in [5, 5.41) is 11.8. The van der Waals surface area contributed by atoms with Crippen molar-refractivity contribution < 1.29 is 5.11 Å². The average molecular weight is 329 g/mol. The largest absolute Gasteiger partial charge is 0.507 e. The predicted molar refractivity (Wildman–Crippen MR) is 102 cm³/mol. The standard InChI is InChI=1S/C20H28NOP/c1-14-9-8-12-17(18(14)22)20(3,4)23-19-15(2)10-7-11-16(19)13-21(5)6/h7-12,22-23H,13H2,1-6H3. The summed E-state index contributed by atoms with van der Waals surface area (Å²) in [4.78, 5) is 2.21. The lowest BCUT2D eigenvalue weighted by Gasteiger charge is -2.29. The van der Waals surface area contributed by atoms with Crippen LogP contribution in [0, 0.1) is 13.8 Å². The Labute approximate surface area is 142 Å². The zero-order valence-electron chi connectivity index (χ0n) is 15.1. The van der Waals surface area contributed by atoms with Gasteiger partial charge in [0.25, 0.3) is 0 Å². The lowest BCUT2D eigenvalue weighted by Crippen LogP contribution is -2.22. The molecule has 0 radical (unpaired) electrons. The van der Waals surface area contributed by atoms with Crippen molar-refractivity contribution in [3.05, 3.63) is 58.7 Å². The van der Waals surface area contributed by atoms with Crippen LogP contribution < -0.4 is 5.30 Å². The Bertz CT molecular complexity index is 692. The van der Waals surface area contributed by atoms with Crippen molar-refractivity contribution in [3.63, 3.8) is 0 Å². The molecule has 0 saturated heterocycles. The first kappa shape index (κ1) is 18.0. The first-order valence-electron chi connectivity index (χ1n) is 8.03. The topological polar surface area (TPSA) is 23.5 Å². The van der Waals surface area contributed by atoms with Crippen LogP contribution in [-0.4, -0.2) is 24.1 Å². The molecule has 0 amide bonds. The van der Waals surface area contributed by atoms with Gasteiger partial charge < -0.3 is 10.0 Å². The molecule has 2 rings (SSSR count). The van der Waals surface area contributed by atoms with Gasteiger partial charge in [-0.3, -0.25) is 0 Å². The molecule has 0 fully saturated rings. The van der Waals surface area contributed by atoms with Gasteiger partial charge in [0.15, 0.2) is 0 Å². The molecule has 0 aliphatic carbocycles. The first-order chi connectivity index (χ1) is 10.7. The molecule has 1 unspecified atom stereocenters. The zero-order chi connectivity index (χ0) is 17.2. The maximum Gasteiger partial charge on any atom is 0.122 e. The van der Waals surface area contributed by atoms with E-state index in [1.54, 1.807) is 0 Å².